The van der Waals surface area contributed by atoms with Crippen LogP contribution in [0.2, 0.25) is 5.02 Å². The number of hydrogen-bond donors (Lipinski definition) is 1. The molecule has 0 fully saturated rings. The summed E-state index contributed by atoms with van der Waals surface area (Å²) in [6.45, 7) is 4.59. The lowest BCUT2D eigenvalue weighted by Crippen LogP contribution is -2.17. The average Bonchev–Trinajstić information content (AvgIpc) is 2.83. The number of halogens is 1. The molecule has 1 atom stereocenters. The van der Waals surface area contributed by atoms with E-state index < -0.39 is 0 Å². The molecule has 0 saturated carbocycles. The number of furan rings is 1. The van der Waals surface area contributed by atoms with Gasteiger partial charge in [-0.05, 0) is 43.7 Å². The summed E-state index contributed by atoms with van der Waals surface area (Å²) < 4.78 is 5.56. The molecule has 1 N–H and O–H groups in total. The van der Waals surface area contributed by atoms with Gasteiger partial charge in [-0.15, -0.1) is 0 Å². The van der Waals surface area contributed by atoms with Gasteiger partial charge >= 0.3 is 0 Å². The first-order valence-electron chi connectivity index (χ1n) is 6.08. The first-order valence-corrected chi connectivity index (χ1v) is 6.46. The van der Waals surface area contributed by atoms with Crippen LogP contribution in [0.1, 0.15) is 35.6 Å². The molecule has 2 rings (SSSR count). The Balaban J connectivity index is 2.01. The van der Waals surface area contributed by atoms with Crippen molar-refractivity contribution in [3.05, 3.63) is 58.0 Å². The predicted octanol–water partition coefficient (Wildman–Crippen LogP) is 3.96. The lowest BCUT2D eigenvalue weighted by molar-refractivity contribution is 0.416. The zero-order valence-electron chi connectivity index (χ0n) is 10.9. The van der Waals surface area contributed by atoms with Crippen LogP contribution < -0.4 is 5.32 Å². The molecule has 4 heteroatoms. The van der Waals surface area contributed by atoms with Crippen LogP contribution in [0.25, 0.3) is 0 Å². The minimum absolute atomic E-state index is 0.111. The van der Waals surface area contributed by atoms with E-state index >= 15 is 0 Å². The van der Waals surface area contributed by atoms with Crippen molar-refractivity contribution >= 4 is 11.6 Å². The Labute approximate surface area is 117 Å². The molecule has 0 saturated heterocycles. The minimum atomic E-state index is 0.111. The summed E-state index contributed by atoms with van der Waals surface area (Å²) in [5.41, 5.74) is 1.54. The fourth-order valence-corrected chi connectivity index (χ4v) is 2.06. The van der Waals surface area contributed by atoms with Gasteiger partial charge in [0.2, 0.25) is 0 Å². The standard InChI is InChI=1S/C15H15ClN2O/c1-10-3-6-15(19-10)11(2)18-9-13-5-4-12(8-17)7-14(13)16/h3-7,11,18H,9H2,1-2H3. The quantitative estimate of drug-likeness (QED) is 0.918. The highest BCUT2D eigenvalue weighted by Crippen LogP contribution is 2.20. The van der Waals surface area contributed by atoms with Gasteiger partial charge in [0.15, 0.2) is 0 Å². The number of benzene rings is 1. The number of hydrogen-bond acceptors (Lipinski definition) is 3. The first kappa shape index (κ1) is 13.7. The predicted molar refractivity (Wildman–Crippen MR) is 74.9 cm³/mol. The summed E-state index contributed by atoms with van der Waals surface area (Å²) in [5.74, 6) is 1.81. The van der Waals surface area contributed by atoms with Gasteiger partial charge in [-0.2, -0.15) is 5.26 Å². The van der Waals surface area contributed by atoms with Gasteiger partial charge in [0.25, 0.3) is 0 Å². The fraction of sp³-hybridized carbons (Fsp3) is 0.267. The van der Waals surface area contributed by atoms with Gasteiger partial charge in [0.05, 0.1) is 17.7 Å². The second-order valence-corrected chi connectivity index (χ2v) is 4.88. The molecule has 0 spiro atoms. The third-order valence-corrected chi connectivity index (χ3v) is 3.32. The van der Waals surface area contributed by atoms with Crippen molar-refractivity contribution in [3.63, 3.8) is 0 Å². The van der Waals surface area contributed by atoms with E-state index in [9.17, 15) is 0 Å². The smallest absolute Gasteiger partial charge is 0.120 e. The number of nitrogens with zero attached hydrogens (tertiary/aromatic N) is 1. The van der Waals surface area contributed by atoms with Crippen LogP contribution in [-0.4, -0.2) is 0 Å². The van der Waals surface area contributed by atoms with E-state index in [1.165, 1.54) is 0 Å². The second-order valence-electron chi connectivity index (χ2n) is 4.47. The zero-order valence-corrected chi connectivity index (χ0v) is 11.7. The van der Waals surface area contributed by atoms with Crippen LogP contribution in [0, 0.1) is 18.3 Å². The normalized spacial score (nSPS) is 12.1. The van der Waals surface area contributed by atoms with Crippen LogP contribution in [0.5, 0.6) is 0 Å². The van der Waals surface area contributed by atoms with E-state index in [0.717, 1.165) is 17.1 Å². The van der Waals surface area contributed by atoms with Crippen LogP contribution in [0.4, 0.5) is 0 Å². The van der Waals surface area contributed by atoms with E-state index in [1.54, 1.807) is 12.1 Å². The zero-order chi connectivity index (χ0) is 13.8. The van der Waals surface area contributed by atoms with Crippen molar-refractivity contribution < 1.29 is 4.42 Å². The molecule has 0 radical (unpaired) electrons. The SMILES string of the molecule is Cc1ccc(C(C)NCc2ccc(C#N)cc2Cl)o1. The summed E-state index contributed by atoms with van der Waals surface area (Å²) in [6.07, 6.45) is 0. The molecule has 1 aromatic carbocycles. The van der Waals surface area contributed by atoms with Gasteiger partial charge in [0.1, 0.15) is 11.5 Å². The van der Waals surface area contributed by atoms with Crippen molar-refractivity contribution in [2.24, 2.45) is 0 Å². The van der Waals surface area contributed by atoms with Gasteiger partial charge in [-0.1, -0.05) is 17.7 Å². The Morgan fingerprint density at radius 3 is 2.74 bits per heavy atom. The summed E-state index contributed by atoms with van der Waals surface area (Å²) in [4.78, 5) is 0. The monoisotopic (exact) mass is 274 g/mol. The van der Waals surface area contributed by atoms with E-state index in [2.05, 4.69) is 11.4 Å². The highest BCUT2D eigenvalue weighted by molar-refractivity contribution is 6.31. The van der Waals surface area contributed by atoms with Gasteiger partial charge in [0, 0.05) is 11.6 Å². The molecule has 0 aliphatic heterocycles. The second kappa shape index (κ2) is 5.92. The number of nitrogens with one attached hydrogen (secondary N) is 1. The fourth-order valence-electron chi connectivity index (χ4n) is 1.81. The Hall–Kier alpha value is -1.76. The Bertz CT molecular complexity index is 613. The summed E-state index contributed by atoms with van der Waals surface area (Å²) >= 11 is 6.13. The highest BCUT2D eigenvalue weighted by Gasteiger charge is 2.10. The lowest BCUT2D eigenvalue weighted by Gasteiger charge is -2.12. The van der Waals surface area contributed by atoms with Crippen LogP contribution in [0.3, 0.4) is 0 Å². The largest absolute Gasteiger partial charge is 0.465 e. The third-order valence-electron chi connectivity index (χ3n) is 2.97. The van der Waals surface area contributed by atoms with E-state index in [-0.39, 0.29) is 6.04 Å². The maximum atomic E-state index is 8.79. The van der Waals surface area contributed by atoms with Crippen molar-refractivity contribution in [2.75, 3.05) is 0 Å². The lowest BCUT2D eigenvalue weighted by atomic mass is 10.1. The number of rotatable bonds is 4. The van der Waals surface area contributed by atoms with Crippen molar-refractivity contribution in [3.8, 4) is 6.07 Å². The average molecular weight is 275 g/mol. The molecule has 3 nitrogen and oxygen atoms in total. The van der Waals surface area contributed by atoms with Gasteiger partial charge in [-0.3, -0.25) is 0 Å². The summed E-state index contributed by atoms with van der Waals surface area (Å²) in [7, 11) is 0. The van der Waals surface area contributed by atoms with Crippen molar-refractivity contribution in [1.82, 2.24) is 5.32 Å². The molecular formula is C15H15ClN2O. The van der Waals surface area contributed by atoms with Crippen molar-refractivity contribution in [2.45, 2.75) is 26.4 Å². The Morgan fingerprint density at radius 1 is 1.37 bits per heavy atom. The minimum Gasteiger partial charge on any atom is -0.465 e. The van der Waals surface area contributed by atoms with Gasteiger partial charge in [-0.25, -0.2) is 0 Å². The first-order chi connectivity index (χ1) is 9.10. The third kappa shape index (κ3) is 3.37. The number of aryl methyl sites for hydroxylation is 1. The molecule has 2 aromatic rings. The van der Waals surface area contributed by atoms with E-state index in [1.807, 2.05) is 32.0 Å². The molecule has 0 bridgehead atoms. The Morgan fingerprint density at radius 2 is 2.16 bits per heavy atom. The molecule has 1 aromatic heterocycles. The molecular weight excluding hydrogens is 260 g/mol. The number of nitriles is 1. The topological polar surface area (TPSA) is 49.0 Å². The van der Waals surface area contributed by atoms with Crippen LogP contribution in [-0.2, 0) is 6.54 Å². The maximum absolute atomic E-state index is 8.79. The molecule has 0 amide bonds. The van der Waals surface area contributed by atoms with E-state index in [0.29, 0.717) is 17.1 Å². The maximum Gasteiger partial charge on any atom is 0.120 e. The summed E-state index contributed by atoms with van der Waals surface area (Å²) in [5, 5.41) is 12.7. The molecule has 98 valence electrons. The van der Waals surface area contributed by atoms with Crippen LogP contribution in [0.15, 0.2) is 34.7 Å². The molecule has 0 aliphatic carbocycles. The molecule has 1 heterocycles. The highest BCUT2D eigenvalue weighted by atomic mass is 35.5. The molecule has 19 heavy (non-hydrogen) atoms. The van der Waals surface area contributed by atoms with Crippen molar-refractivity contribution in [1.29, 1.82) is 5.26 Å². The van der Waals surface area contributed by atoms with E-state index in [4.69, 9.17) is 21.3 Å². The molecule has 1 unspecified atom stereocenters. The summed E-state index contributed by atoms with van der Waals surface area (Å²) in [6, 6.07) is 11.4. The van der Waals surface area contributed by atoms with Gasteiger partial charge < -0.3 is 9.73 Å². The van der Waals surface area contributed by atoms with Crippen LogP contribution >= 0.6 is 11.6 Å². The molecule has 0 aliphatic rings. The Kier molecular flexibility index (Phi) is 4.26.